The summed E-state index contributed by atoms with van der Waals surface area (Å²) in [4.78, 5) is 0. The van der Waals surface area contributed by atoms with Crippen LogP contribution in [-0.2, 0) is 38.8 Å². The summed E-state index contributed by atoms with van der Waals surface area (Å²) in [5, 5.41) is 0. The van der Waals surface area contributed by atoms with Crippen LogP contribution >= 0.6 is 0 Å². The van der Waals surface area contributed by atoms with Gasteiger partial charge in [0.25, 0.3) is 0 Å². The van der Waals surface area contributed by atoms with Crippen molar-refractivity contribution in [1.29, 1.82) is 0 Å². The molecule has 0 aromatic carbocycles. The molecule has 0 saturated carbocycles. The van der Waals surface area contributed by atoms with Gasteiger partial charge in [0.1, 0.15) is 0 Å². The van der Waals surface area contributed by atoms with E-state index in [-0.39, 0.29) is 52.7 Å². The fraction of sp³-hybridized carbons (Fsp3) is 0. The molecule has 0 fully saturated rings. The van der Waals surface area contributed by atoms with Gasteiger partial charge < -0.3 is 0 Å². The summed E-state index contributed by atoms with van der Waals surface area (Å²) in [5.41, 5.74) is 0. The van der Waals surface area contributed by atoms with E-state index in [2.05, 4.69) is 0 Å². The van der Waals surface area contributed by atoms with E-state index in [0.29, 0.717) is 0 Å². The summed E-state index contributed by atoms with van der Waals surface area (Å²) in [6.07, 6.45) is 0. The van der Waals surface area contributed by atoms with Crippen LogP contribution in [0, 0.1) is 0 Å². The molecule has 2 nitrogen and oxygen atoms in total. The van der Waals surface area contributed by atoms with E-state index in [1.54, 1.807) is 0 Å². The van der Waals surface area contributed by atoms with Gasteiger partial charge in [-0.3, -0.25) is 0 Å². The Morgan fingerprint density at radius 2 is 1.17 bits per heavy atom. The molecule has 0 spiro atoms. The van der Waals surface area contributed by atoms with Crippen molar-refractivity contribution in [3.63, 3.8) is 0 Å². The van der Waals surface area contributed by atoms with E-state index in [1.807, 2.05) is 0 Å². The van der Waals surface area contributed by atoms with Gasteiger partial charge >= 0.3 is 41.1 Å². The summed E-state index contributed by atoms with van der Waals surface area (Å²) in [5.74, 6) is 0. The molecule has 0 rings (SSSR count). The zero-order valence-electron chi connectivity index (χ0n) is 1.47. The van der Waals surface area contributed by atoms with Crippen LogP contribution in [0.2, 0.25) is 0 Å². The molecule has 0 bridgehead atoms. The van der Waals surface area contributed by atoms with Crippen LogP contribution in [0.5, 0.6) is 0 Å². The molecule has 0 atom stereocenters. The molecular formula is H4AlCoLiNiO2. The van der Waals surface area contributed by atoms with E-state index >= 15 is 0 Å². The SMILES string of the molecule is [AlH3].[LiH].[Ni].[O]=[Co]=[O]. The average molecular weight is 188 g/mol. The summed E-state index contributed by atoms with van der Waals surface area (Å²) in [6.45, 7) is 0. The number of hydrogen-bond donors (Lipinski definition) is 0. The van der Waals surface area contributed by atoms with E-state index in [1.165, 1.54) is 0 Å². The van der Waals surface area contributed by atoms with Gasteiger partial charge in [0, 0.05) is 16.5 Å². The monoisotopic (exact) mass is 187 g/mol. The topological polar surface area (TPSA) is 34.1 Å². The first-order valence-electron chi connectivity index (χ1n) is 0.272. The van der Waals surface area contributed by atoms with Gasteiger partial charge in [0.15, 0.2) is 17.4 Å². The third-order valence-corrected chi connectivity index (χ3v) is 0. The summed E-state index contributed by atoms with van der Waals surface area (Å²) >= 11 is -1.06. The molecule has 6 heteroatoms. The van der Waals surface area contributed by atoms with Crippen LogP contribution in [0.25, 0.3) is 0 Å². The standard InChI is InChI=1S/Al.Co.Li.Ni.2O.4H. The second-order valence-corrected chi connectivity index (χ2v) is 0.229. The van der Waals surface area contributed by atoms with Crippen LogP contribution in [0.3, 0.4) is 0 Å². The minimum absolute atomic E-state index is 0. The molecule has 0 aliphatic carbocycles. The molecular weight excluding hydrogens is 184 g/mol. The zero-order chi connectivity index (χ0) is 2.71. The van der Waals surface area contributed by atoms with Crippen LogP contribution in [0.15, 0.2) is 0 Å². The van der Waals surface area contributed by atoms with Crippen LogP contribution in [0.1, 0.15) is 0 Å². The number of rotatable bonds is 0. The van der Waals surface area contributed by atoms with Gasteiger partial charge in [-0.15, -0.1) is 0 Å². The van der Waals surface area contributed by atoms with Gasteiger partial charge in [-0.2, -0.15) is 0 Å². The Kier molecular flexibility index (Phi) is 124. The van der Waals surface area contributed by atoms with Crippen molar-refractivity contribution in [3.05, 3.63) is 0 Å². The fourth-order valence-corrected chi connectivity index (χ4v) is 0. The van der Waals surface area contributed by atoms with Crippen LogP contribution in [-0.4, -0.2) is 36.2 Å². The Bertz CT molecular complexity index is 34.5. The van der Waals surface area contributed by atoms with Gasteiger partial charge in [-0.25, -0.2) is 0 Å². The van der Waals surface area contributed by atoms with Gasteiger partial charge in [-0.1, -0.05) is 0 Å². The molecule has 0 unspecified atom stereocenters. The molecule has 39 valence electrons. The first-order valence-corrected chi connectivity index (χ1v) is 1.12. The van der Waals surface area contributed by atoms with E-state index in [4.69, 9.17) is 7.73 Å². The summed E-state index contributed by atoms with van der Waals surface area (Å²) in [7, 11) is 0. The maximum atomic E-state index is 8.34. The predicted octanol–water partition coefficient (Wildman–Crippen LogP) is -2.08. The molecule has 0 aromatic heterocycles. The molecule has 0 aromatic rings. The molecule has 0 heterocycles. The quantitative estimate of drug-likeness (QED) is 0.408. The van der Waals surface area contributed by atoms with Crippen molar-refractivity contribution in [2.45, 2.75) is 0 Å². The third-order valence-electron chi connectivity index (χ3n) is 0. The molecule has 0 N–H and O–H groups in total. The van der Waals surface area contributed by atoms with Crippen molar-refractivity contribution < 1.29 is 38.8 Å². The molecule has 0 saturated heterocycles. The molecule has 0 radical (unpaired) electrons. The zero-order valence-corrected chi connectivity index (χ0v) is 3.49. The van der Waals surface area contributed by atoms with E-state index in [9.17, 15) is 0 Å². The van der Waals surface area contributed by atoms with E-state index < -0.39 is 14.6 Å². The van der Waals surface area contributed by atoms with Crippen molar-refractivity contribution in [3.8, 4) is 0 Å². The Morgan fingerprint density at radius 1 is 1.17 bits per heavy atom. The Labute approximate surface area is 74.4 Å². The van der Waals surface area contributed by atoms with E-state index in [0.717, 1.165) is 0 Å². The second kappa shape index (κ2) is 29.6. The first-order chi connectivity index (χ1) is 1.41. The third kappa shape index (κ3) is 42.8. The van der Waals surface area contributed by atoms with Crippen LogP contribution < -0.4 is 0 Å². The minimum atomic E-state index is -1.06. The van der Waals surface area contributed by atoms with Crippen molar-refractivity contribution >= 4 is 36.2 Å². The Balaban J connectivity index is -0.00000000667. The molecule has 0 aliphatic rings. The fourth-order valence-electron chi connectivity index (χ4n) is 0. The predicted molar refractivity (Wildman–Crippen MR) is 18.5 cm³/mol. The van der Waals surface area contributed by atoms with Crippen molar-refractivity contribution in [2.75, 3.05) is 0 Å². The molecule has 6 heavy (non-hydrogen) atoms. The van der Waals surface area contributed by atoms with Gasteiger partial charge in [-0.05, 0) is 0 Å². The Hall–Kier alpha value is 1.73. The Morgan fingerprint density at radius 3 is 1.17 bits per heavy atom. The summed E-state index contributed by atoms with van der Waals surface area (Å²) in [6, 6.07) is 0. The molecule has 0 amide bonds. The second-order valence-electron chi connectivity index (χ2n) is 0.0556. The summed E-state index contributed by atoms with van der Waals surface area (Å²) < 4.78 is 16.7. The van der Waals surface area contributed by atoms with Gasteiger partial charge in [0.05, 0.1) is 0 Å². The van der Waals surface area contributed by atoms with Gasteiger partial charge in [0.2, 0.25) is 0 Å². The van der Waals surface area contributed by atoms with Crippen molar-refractivity contribution in [1.82, 2.24) is 0 Å². The normalized spacial score (nSPS) is 2.67. The first kappa shape index (κ1) is 25.2. The average Bonchev–Trinajstić information content (AvgIpc) is 0.918. The maximum absolute atomic E-state index is 8.34. The molecule has 0 aliphatic heterocycles. The number of hydrogen-bond acceptors (Lipinski definition) is 2. The van der Waals surface area contributed by atoms with Crippen molar-refractivity contribution in [2.24, 2.45) is 0 Å². The van der Waals surface area contributed by atoms with Crippen LogP contribution in [0.4, 0.5) is 0 Å².